The number of pyridine rings is 1. The van der Waals surface area contributed by atoms with Crippen LogP contribution in [0, 0.1) is 0 Å². The summed E-state index contributed by atoms with van der Waals surface area (Å²) in [7, 11) is 1.62. The molecular weight excluding hydrogens is 358 g/mol. The number of ether oxygens (including phenoxy) is 2. The third kappa shape index (κ3) is 3.40. The van der Waals surface area contributed by atoms with Gasteiger partial charge in [-0.05, 0) is 25.3 Å². The van der Waals surface area contributed by atoms with Gasteiger partial charge < -0.3 is 9.47 Å². The lowest BCUT2D eigenvalue weighted by Crippen LogP contribution is -2.17. The van der Waals surface area contributed by atoms with E-state index in [9.17, 15) is 4.79 Å². The maximum Gasteiger partial charge on any atom is 0.284 e. The van der Waals surface area contributed by atoms with Gasteiger partial charge in [0.05, 0.1) is 24.4 Å². The molecule has 0 saturated heterocycles. The molecule has 1 fully saturated rings. The quantitative estimate of drug-likeness (QED) is 0.631. The number of methoxy groups -OCH3 is 1. The van der Waals surface area contributed by atoms with Crippen LogP contribution in [-0.4, -0.2) is 45.1 Å². The number of rotatable bonds is 7. The second kappa shape index (κ2) is 8.10. The minimum Gasteiger partial charge on any atom is -0.489 e. The van der Waals surface area contributed by atoms with Gasteiger partial charge in [0, 0.05) is 19.0 Å². The zero-order valence-corrected chi connectivity index (χ0v) is 16.3. The van der Waals surface area contributed by atoms with Crippen molar-refractivity contribution in [3.05, 3.63) is 34.5 Å². The first-order valence-electron chi connectivity index (χ1n) is 9.80. The highest BCUT2D eigenvalue weighted by molar-refractivity contribution is 5.68. The number of hydrogen-bond acceptors (Lipinski definition) is 6. The lowest BCUT2D eigenvalue weighted by atomic mass is 10.1. The summed E-state index contributed by atoms with van der Waals surface area (Å²) in [6.45, 7) is 2.87. The molecule has 0 atom stereocenters. The van der Waals surface area contributed by atoms with Crippen LogP contribution in [0.2, 0.25) is 0 Å². The molecule has 1 aliphatic carbocycles. The number of nitrogens with one attached hydrogen (secondary N) is 1. The molecule has 28 heavy (non-hydrogen) atoms. The molecule has 8 nitrogen and oxygen atoms in total. The van der Waals surface area contributed by atoms with Gasteiger partial charge >= 0.3 is 0 Å². The first-order chi connectivity index (χ1) is 13.7. The first kappa shape index (κ1) is 18.6. The van der Waals surface area contributed by atoms with Crippen molar-refractivity contribution < 1.29 is 9.47 Å². The van der Waals surface area contributed by atoms with Crippen molar-refractivity contribution in [3.8, 4) is 28.5 Å². The van der Waals surface area contributed by atoms with E-state index in [1.807, 2.05) is 6.92 Å². The van der Waals surface area contributed by atoms with Crippen LogP contribution in [0.5, 0.6) is 5.75 Å². The molecule has 0 aromatic carbocycles. The molecule has 1 saturated carbocycles. The lowest BCUT2D eigenvalue weighted by molar-refractivity contribution is 0.146. The predicted molar refractivity (Wildman–Crippen MR) is 105 cm³/mol. The number of fused-ring (bicyclic) bond motifs is 1. The highest BCUT2D eigenvalue weighted by atomic mass is 16.5. The van der Waals surface area contributed by atoms with Crippen molar-refractivity contribution >= 4 is 0 Å². The molecule has 4 rings (SSSR count). The summed E-state index contributed by atoms with van der Waals surface area (Å²) in [5, 5.41) is 3.41. The molecule has 148 valence electrons. The second-order valence-corrected chi connectivity index (χ2v) is 7.02. The third-order valence-electron chi connectivity index (χ3n) is 5.26. The SMILES string of the molecule is CCc1[nH]n(C2CCCC2)c2nc(-c3ccncc3OCCOC)nc(=O)c1-2. The maximum absolute atomic E-state index is 12.9. The van der Waals surface area contributed by atoms with E-state index in [1.165, 1.54) is 12.8 Å². The maximum atomic E-state index is 12.9. The highest BCUT2D eigenvalue weighted by Gasteiger charge is 2.28. The summed E-state index contributed by atoms with van der Waals surface area (Å²) in [4.78, 5) is 26.1. The van der Waals surface area contributed by atoms with Crippen LogP contribution in [0.4, 0.5) is 0 Å². The molecular formula is C20H25N5O3. The van der Waals surface area contributed by atoms with Crippen molar-refractivity contribution in [2.45, 2.75) is 45.1 Å². The average Bonchev–Trinajstić information content (AvgIpc) is 3.36. The first-order valence-corrected chi connectivity index (χ1v) is 9.80. The van der Waals surface area contributed by atoms with E-state index in [1.54, 1.807) is 25.6 Å². The summed E-state index contributed by atoms with van der Waals surface area (Å²) in [5.74, 6) is 1.58. The molecule has 0 radical (unpaired) electrons. The number of H-pyrrole nitrogens is 1. The van der Waals surface area contributed by atoms with Crippen LogP contribution < -0.4 is 10.3 Å². The molecule has 1 aromatic heterocycles. The van der Waals surface area contributed by atoms with E-state index in [0.29, 0.717) is 47.8 Å². The summed E-state index contributed by atoms with van der Waals surface area (Å²) >= 11 is 0. The van der Waals surface area contributed by atoms with Crippen LogP contribution >= 0.6 is 0 Å². The average molecular weight is 383 g/mol. The topological polar surface area (TPSA) is 94.9 Å². The van der Waals surface area contributed by atoms with Gasteiger partial charge in [-0.2, -0.15) is 4.98 Å². The second-order valence-electron chi connectivity index (χ2n) is 7.02. The van der Waals surface area contributed by atoms with Gasteiger partial charge in [-0.1, -0.05) is 19.8 Å². The van der Waals surface area contributed by atoms with Crippen LogP contribution in [0.25, 0.3) is 22.8 Å². The summed E-state index contributed by atoms with van der Waals surface area (Å²) in [5.41, 5.74) is 1.88. The monoisotopic (exact) mass is 383 g/mol. The van der Waals surface area contributed by atoms with E-state index in [0.717, 1.165) is 25.0 Å². The Labute approximate surface area is 163 Å². The van der Waals surface area contributed by atoms with Gasteiger partial charge in [0.25, 0.3) is 5.56 Å². The van der Waals surface area contributed by atoms with Gasteiger partial charge in [0.15, 0.2) is 11.6 Å². The van der Waals surface area contributed by atoms with Gasteiger partial charge in [-0.25, -0.2) is 4.98 Å². The van der Waals surface area contributed by atoms with Crippen molar-refractivity contribution in [3.63, 3.8) is 0 Å². The Balaban J connectivity index is 1.82. The fraction of sp³-hybridized carbons (Fsp3) is 0.500. The van der Waals surface area contributed by atoms with Gasteiger partial charge in [0.2, 0.25) is 0 Å². The Hall–Kier alpha value is -2.74. The molecule has 3 heterocycles. The fourth-order valence-electron chi connectivity index (χ4n) is 3.84. The molecule has 0 spiro atoms. The minimum absolute atomic E-state index is 0.260. The number of nitrogens with zero attached hydrogens (tertiary/aromatic N) is 4. The Morgan fingerprint density at radius 1 is 1.25 bits per heavy atom. The van der Waals surface area contributed by atoms with Crippen molar-refractivity contribution in [1.82, 2.24) is 24.7 Å². The molecule has 0 bridgehead atoms. The Morgan fingerprint density at radius 3 is 2.82 bits per heavy atom. The zero-order valence-electron chi connectivity index (χ0n) is 16.3. The van der Waals surface area contributed by atoms with Crippen molar-refractivity contribution in [2.75, 3.05) is 20.3 Å². The van der Waals surface area contributed by atoms with Crippen molar-refractivity contribution in [1.29, 1.82) is 0 Å². The van der Waals surface area contributed by atoms with Gasteiger partial charge in [-0.3, -0.25) is 19.6 Å². The van der Waals surface area contributed by atoms with Crippen LogP contribution in [0.15, 0.2) is 23.3 Å². The molecule has 0 amide bonds. The number of hydrogen-bond donors (Lipinski definition) is 1. The predicted octanol–water partition coefficient (Wildman–Crippen LogP) is 2.84. The fourth-order valence-corrected chi connectivity index (χ4v) is 3.84. The standard InChI is InChI=1S/C20H25N5O3/c1-3-15-17-19(25(24-15)13-6-4-5-7-13)22-18(23-20(17)26)14-8-9-21-12-16(14)28-11-10-27-2/h8-9,12-13,24H,3-7,10-11H2,1-2H3. The lowest BCUT2D eigenvalue weighted by Gasteiger charge is -2.14. The molecule has 1 N–H and O–H groups in total. The third-order valence-corrected chi connectivity index (χ3v) is 5.26. The van der Waals surface area contributed by atoms with Crippen molar-refractivity contribution in [2.24, 2.45) is 0 Å². The largest absolute Gasteiger partial charge is 0.489 e. The number of aromatic nitrogens is 5. The Kier molecular flexibility index (Phi) is 5.38. The van der Waals surface area contributed by atoms with E-state index in [2.05, 4.69) is 19.7 Å². The van der Waals surface area contributed by atoms with Crippen LogP contribution in [-0.2, 0) is 11.2 Å². The molecule has 3 aliphatic rings. The van der Waals surface area contributed by atoms with Gasteiger partial charge in [0.1, 0.15) is 17.9 Å². The Morgan fingerprint density at radius 2 is 2.07 bits per heavy atom. The molecule has 2 aliphatic heterocycles. The van der Waals surface area contributed by atoms with Crippen LogP contribution in [0.3, 0.4) is 0 Å². The van der Waals surface area contributed by atoms with E-state index in [-0.39, 0.29) is 5.56 Å². The molecule has 0 unspecified atom stereocenters. The number of aryl methyl sites for hydroxylation is 1. The van der Waals surface area contributed by atoms with Crippen LogP contribution in [0.1, 0.15) is 44.3 Å². The normalized spacial score (nSPS) is 14.8. The minimum atomic E-state index is -0.260. The molecule has 1 aromatic rings. The summed E-state index contributed by atoms with van der Waals surface area (Å²) in [6, 6.07) is 2.12. The number of aromatic amines is 1. The van der Waals surface area contributed by atoms with E-state index >= 15 is 0 Å². The smallest absolute Gasteiger partial charge is 0.284 e. The van der Waals surface area contributed by atoms with E-state index < -0.39 is 0 Å². The van der Waals surface area contributed by atoms with E-state index in [4.69, 9.17) is 14.5 Å². The Bertz CT molecular complexity index is 974. The highest BCUT2D eigenvalue weighted by Crippen LogP contribution is 2.35. The zero-order chi connectivity index (χ0) is 19.5. The van der Waals surface area contributed by atoms with Gasteiger partial charge in [-0.15, -0.1) is 0 Å². The summed E-state index contributed by atoms with van der Waals surface area (Å²) in [6.07, 6.45) is 8.58. The molecule has 8 heteroatoms. The summed E-state index contributed by atoms with van der Waals surface area (Å²) < 4.78 is 12.9.